The molecule has 0 fully saturated rings. The first-order valence-electron chi connectivity index (χ1n) is 9.46. The van der Waals surface area contributed by atoms with Crippen molar-refractivity contribution in [1.29, 1.82) is 0 Å². The fraction of sp³-hybridized carbons (Fsp3) is 0.0833. The minimum Gasteiger partial charge on any atom is -0.378 e. The van der Waals surface area contributed by atoms with E-state index in [1.165, 1.54) is 12.1 Å². The topological polar surface area (TPSA) is 50.9 Å². The van der Waals surface area contributed by atoms with Gasteiger partial charge in [0.15, 0.2) is 0 Å². The zero-order valence-corrected chi connectivity index (χ0v) is 15.8. The molecule has 1 atom stereocenters. The highest BCUT2D eigenvalue weighted by molar-refractivity contribution is 5.88. The Morgan fingerprint density at radius 1 is 0.933 bits per heavy atom. The van der Waals surface area contributed by atoms with Crippen molar-refractivity contribution in [3.63, 3.8) is 0 Å². The monoisotopic (exact) mass is 401 g/mol. The Labute approximate surface area is 171 Å². The van der Waals surface area contributed by atoms with E-state index in [9.17, 15) is 13.9 Å². The Bertz CT molecular complexity index is 1370. The lowest BCUT2D eigenvalue weighted by molar-refractivity contribution is 0.0533. The molecule has 148 valence electrons. The van der Waals surface area contributed by atoms with Crippen molar-refractivity contribution in [1.82, 2.24) is 14.8 Å². The highest BCUT2D eigenvalue weighted by Crippen LogP contribution is 2.37. The van der Waals surface area contributed by atoms with Gasteiger partial charge in [-0.3, -0.25) is 4.98 Å². The summed E-state index contributed by atoms with van der Waals surface area (Å²) in [4.78, 5) is 4.01. The molecule has 0 aliphatic heterocycles. The second-order valence-corrected chi connectivity index (χ2v) is 7.17. The lowest BCUT2D eigenvalue weighted by Crippen LogP contribution is -2.30. The number of hydrogen-bond acceptors (Lipinski definition) is 3. The van der Waals surface area contributed by atoms with Crippen molar-refractivity contribution in [3.05, 3.63) is 102 Å². The number of fused-ring (bicyclic) bond motifs is 2. The normalized spacial score (nSPS) is 13.6. The fourth-order valence-electron chi connectivity index (χ4n) is 3.91. The summed E-state index contributed by atoms with van der Waals surface area (Å²) in [5.41, 5.74) is 0.444. The van der Waals surface area contributed by atoms with E-state index in [1.807, 2.05) is 12.1 Å². The Morgan fingerprint density at radius 2 is 1.70 bits per heavy atom. The summed E-state index contributed by atoms with van der Waals surface area (Å²) in [6.45, 7) is -1.05. The third-order valence-corrected chi connectivity index (χ3v) is 5.46. The van der Waals surface area contributed by atoms with Crippen LogP contribution in [-0.2, 0) is 5.60 Å². The van der Waals surface area contributed by atoms with E-state index in [2.05, 4.69) is 10.1 Å². The first-order chi connectivity index (χ1) is 14.6. The predicted molar refractivity (Wildman–Crippen MR) is 112 cm³/mol. The molecule has 0 spiro atoms. The number of hydrogen-bond donors (Lipinski definition) is 1. The van der Waals surface area contributed by atoms with Gasteiger partial charge in [-0.2, -0.15) is 5.10 Å². The van der Waals surface area contributed by atoms with Gasteiger partial charge >= 0.3 is 0 Å². The van der Waals surface area contributed by atoms with Gasteiger partial charge in [0.05, 0.1) is 17.4 Å². The molecule has 0 saturated heterocycles. The van der Waals surface area contributed by atoms with Crippen molar-refractivity contribution in [2.45, 2.75) is 5.60 Å². The van der Waals surface area contributed by atoms with E-state index in [4.69, 9.17) is 0 Å². The maximum absolute atomic E-state index is 14.3. The van der Waals surface area contributed by atoms with Crippen LogP contribution in [0.4, 0.5) is 8.78 Å². The van der Waals surface area contributed by atoms with E-state index in [1.54, 1.807) is 65.7 Å². The number of nitrogens with zero attached hydrogens (tertiary/aromatic N) is 3. The minimum atomic E-state index is -1.92. The van der Waals surface area contributed by atoms with Crippen LogP contribution in [0.15, 0.2) is 85.3 Å². The quantitative estimate of drug-likeness (QED) is 0.465. The number of benzene rings is 3. The maximum atomic E-state index is 14.3. The van der Waals surface area contributed by atoms with E-state index in [0.717, 1.165) is 16.6 Å². The van der Waals surface area contributed by atoms with Crippen LogP contribution in [-0.4, -0.2) is 26.5 Å². The average molecular weight is 401 g/mol. The van der Waals surface area contributed by atoms with Gasteiger partial charge in [0, 0.05) is 23.2 Å². The summed E-state index contributed by atoms with van der Waals surface area (Å²) < 4.78 is 30.3. The molecule has 0 aliphatic rings. The maximum Gasteiger partial charge on any atom is 0.143 e. The SMILES string of the molecule is OC(CF)(c1ccc2c(cnn2-c2ccncc2)c1)c1ccc(F)c2ccccc12. The molecule has 5 aromatic rings. The van der Waals surface area contributed by atoms with E-state index >= 15 is 0 Å². The first kappa shape index (κ1) is 18.4. The van der Waals surface area contributed by atoms with Crippen molar-refractivity contribution >= 4 is 21.7 Å². The van der Waals surface area contributed by atoms with E-state index < -0.39 is 18.1 Å². The number of rotatable bonds is 4. The number of alkyl halides is 1. The van der Waals surface area contributed by atoms with Crippen LogP contribution < -0.4 is 0 Å². The molecule has 2 aromatic heterocycles. The molecule has 30 heavy (non-hydrogen) atoms. The predicted octanol–water partition coefficient (Wildman–Crippen LogP) is 4.92. The van der Waals surface area contributed by atoms with Gasteiger partial charge in [-0.15, -0.1) is 0 Å². The second-order valence-electron chi connectivity index (χ2n) is 7.17. The van der Waals surface area contributed by atoms with Crippen LogP contribution in [0.3, 0.4) is 0 Å². The van der Waals surface area contributed by atoms with Crippen LogP contribution in [0, 0.1) is 5.82 Å². The van der Waals surface area contributed by atoms with Gasteiger partial charge in [-0.05, 0) is 46.8 Å². The Kier molecular flexibility index (Phi) is 4.29. The molecule has 4 nitrogen and oxygen atoms in total. The van der Waals surface area contributed by atoms with Crippen molar-refractivity contribution in [3.8, 4) is 5.69 Å². The number of halogens is 2. The van der Waals surface area contributed by atoms with Crippen molar-refractivity contribution < 1.29 is 13.9 Å². The van der Waals surface area contributed by atoms with E-state index in [0.29, 0.717) is 21.9 Å². The summed E-state index contributed by atoms with van der Waals surface area (Å²) in [5.74, 6) is -0.412. The Hall–Kier alpha value is -3.64. The third kappa shape index (κ3) is 2.76. The number of pyridine rings is 1. The third-order valence-electron chi connectivity index (χ3n) is 5.46. The van der Waals surface area contributed by atoms with Gasteiger partial charge < -0.3 is 5.11 Å². The van der Waals surface area contributed by atoms with E-state index in [-0.39, 0.29) is 0 Å². The number of aromatic nitrogens is 3. The lowest BCUT2D eigenvalue weighted by Gasteiger charge is -2.28. The largest absolute Gasteiger partial charge is 0.378 e. The van der Waals surface area contributed by atoms with Crippen LogP contribution in [0.5, 0.6) is 0 Å². The van der Waals surface area contributed by atoms with Crippen LogP contribution in [0.25, 0.3) is 27.4 Å². The molecule has 1 unspecified atom stereocenters. The van der Waals surface area contributed by atoms with Crippen LogP contribution in [0.1, 0.15) is 11.1 Å². The Balaban J connectivity index is 1.68. The van der Waals surface area contributed by atoms with Gasteiger partial charge in [-0.1, -0.05) is 36.4 Å². The molecule has 2 heterocycles. The first-order valence-corrected chi connectivity index (χ1v) is 9.46. The summed E-state index contributed by atoms with van der Waals surface area (Å²) >= 11 is 0. The molecule has 0 bridgehead atoms. The minimum absolute atomic E-state index is 0.322. The smallest absolute Gasteiger partial charge is 0.143 e. The molecular formula is C24H17F2N3O. The molecule has 1 N–H and O–H groups in total. The van der Waals surface area contributed by atoms with Crippen molar-refractivity contribution in [2.75, 3.05) is 6.67 Å². The zero-order valence-electron chi connectivity index (χ0n) is 15.8. The lowest BCUT2D eigenvalue weighted by atomic mass is 9.84. The molecule has 0 radical (unpaired) electrons. The van der Waals surface area contributed by atoms with Gasteiger partial charge in [0.1, 0.15) is 18.1 Å². The summed E-state index contributed by atoms with van der Waals surface area (Å²) in [6.07, 6.45) is 5.03. The molecule has 6 heteroatoms. The molecule has 0 saturated carbocycles. The molecule has 5 rings (SSSR count). The van der Waals surface area contributed by atoms with Crippen molar-refractivity contribution in [2.24, 2.45) is 0 Å². The standard InChI is InChI=1S/C24H17F2N3O/c25-15-24(30,21-6-7-22(26)20-4-2-1-3-19(20)21)17-5-8-23-16(13-17)14-28-29(23)18-9-11-27-12-10-18/h1-14,30H,15H2. The highest BCUT2D eigenvalue weighted by atomic mass is 19.1. The average Bonchev–Trinajstić information content (AvgIpc) is 3.23. The molecule has 0 amide bonds. The Morgan fingerprint density at radius 3 is 2.47 bits per heavy atom. The molecule has 3 aromatic carbocycles. The molecular weight excluding hydrogens is 384 g/mol. The van der Waals surface area contributed by atoms with Crippen LogP contribution in [0.2, 0.25) is 0 Å². The fourth-order valence-corrected chi connectivity index (χ4v) is 3.91. The summed E-state index contributed by atoms with van der Waals surface area (Å²) in [7, 11) is 0. The van der Waals surface area contributed by atoms with Crippen LogP contribution >= 0.6 is 0 Å². The zero-order chi connectivity index (χ0) is 20.7. The van der Waals surface area contributed by atoms with Gasteiger partial charge in [-0.25, -0.2) is 13.5 Å². The van der Waals surface area contributed by atoms with Gasteiger partial charge in [0.2, 0.25) is 0 Å². The highest BCUT2D eigenvalue weighted by Gasteiger charge is 2.34. The second kappa shape index (κ2) is 7.00. The molecule has 0 aliphatic carbocycles. The summed E-state index contributed by atoms with van der Waals surface area (Å²) in [5, 5.41) is 17.4. The van der Waals surface area contributed by atoms with Gasteiger partial charge in [0.25, 0.3) is 0 Å². The number of aliphatic hydroxyl groups is 1. The summed E-state index contributed by atoms with van der Waals surface area (Å²) in [6, 6.07) is 18.3.